The standard InChI is InChI=1S/C10H6BrF3N2O/c1-5(17)8-9(10(12,13)14)15-7-3-2-6(11)4-16(7)8/h2-4H,1H3. The molecule has 0 radical (unpaired) electrons. The van der Waals surface area contributed by atoms with Crippen LogP contribution in [0.2, 0.25) is 0 Å². The largest absolute Gasteiger partial charge is 0.435 e. The molecule has 0 saturated heterocycles. The highest BCUT2D eigenvalue weighted by Gasteiger charge is 2.39. The highest BCUT2D eigenvalue weighted by molar-refractivity contribution is 9.10. The van der Waals surface area contributed by atoms with Crippen molar-refractivity contribution in [2.75, 3.05) is 0 Å². The first kappa shape index (κ1) is 12.1. The van der Waals surface area contributed by atoms with Gasteiger partial charge in [0.25, 0.3) is 0 Å². The smallest absolute Gasteiger partial charge is 0.295 e. The van der Waals surface area contributed by atoms with Gasteiger partial charge in [-0.1, -0.05) is 0 Å². The monoisotopic (exact) mass is 306 g/mol. The average Bonchev–Trinajstić information content (AvgIpc) is 2.55. The number of hydrogen-bond acceptors (Lipinski definition) is 2. The summed E-state index contributed by atoms with van der Waals surface area (Å²) in [4.78, 5) is 14.8. The zero-order valence-corrected chi connectivity index (χ0v) is 10.1. The molecule has 0 bridgehead atoms. The second-order valence-corrected chi connectivity index (χ2v) is 4.35. The van der Waals surface area contributed by atoms with E-state index in [0.717, 1.165) is 11.3 Å². The summed E-state index contributed by atoms with van der Waals surface area (Å²) >= 11 is 3.13. The van der Waals surface area contributed by atoms with E-state index in [-0.39, 0.29) is 5.65 Å². The molecule has 0 fully saturated rings. The molecule has 0 aliphatic heterocycles. The first-order valence-corrected chi connectivity index (χ1v) is 5.36. The van der Waals surface area contributed by atoms with Crippen LogP contribution in [0.15, 0.2) is 22.8 Å². The Bertz CT molecular complexity index is 603. The number of hydrogen-bond donors (Lipinski definition) is 0. The van der Waals surface area contributed by atoms with Crippen molar-refractivity contribution in [3.05, 3.63) is 34.2 Å². The molecule has 3 nitrogen and oxygen atoms in total. The van der Waals surface area contributed by atoms with Crippen LogP contribution in [0.5, 0.6) is 0 Å². The van der Waals surface area contributed by atoms with E-state index in [1.807, 2.05) is 0 Å². The maximum Gasteiger partial charge on any atom is 0.435 e. The summed E-state index contributed by atoms with van der Waals surface area (Å²) in [7, 11) is 0. The molecule has 7 heteroatoms. The van der Waals surface area contributed by atoms with Gasteiger partial charge < -0.3 is 0 Å². The fourth-order valence-corrected chi connectivity index (χ4v) is 1.89. The number of ketones is 1. The molecule has 2 heterocycles. The molecule has 0 N–H and O–H groups in total. The Morgan fingerprint density at radius 3 is 2.59 bits per heavy atom. The van der Waals surface area contributed by atoms with Gasteiger partial charge in [-0.05, 0) is 28.1 Å². The molecule has 17 heavy (non-hydrogen) atoms. The fraction of sp³-hybridized carbons (Fsp3) is 0.200. The van der Waals surface area contributed by atoms with E-state index in [1.165, 1.54) is 12.3 Å². The van der Waals surface area contributed by atoms with Crippen molar-refractivity contribution < 1.29 is 18.0 Å². The molecular formula is C10H6BrF3N2O. The Balaban J connectivity index is 2.86. The lowest BCUT2D eigenvalue weighted by atomic mass is 10.2. The zero-order chi connectivity index (χ0) is 12.8. The third-order valence-corrected chi connectivity index (χ3v) is 2.65. The molecule has 0 spiro atoms. The summed E-state index contributed by atoms with van der Waals surface area (Å²) in [5.74, 6) is -0.678. The molecule has 0 aliphatic rings. The summed E-state index contributed by atoms with van der Waals surface area (Å²) in [5, 5.41) is 0. The molecule has 0 saturated carbocycles. The number of carbonyl (C=O) groups excluding carboxylic acids is 1. The van der Waals surface area contributed by atoms with Crippen LogP contribution in [0, 0.1) is 0 Å². The van der Waals surface area contributed by atoms with Gasteiger partial charge in [0.05, 0.1) is 0 Å². The van der Waals surface area contributed by atoms with E-state index in [2.05, 4.69) is 20.9 Å². The number of fused-ring (bicyclic) bond motifs is 1. The SMILES string of the molecule is CC(=O)c1c(C(F)(F)F)nc2ccc(Br)cn12. The predicted molar refractivity (Wildman–Crippen MR) is 57.9 cm³/mol. The van der Waals surface area contributed by atoms with Crippen molar-refractivity contribution in [1.82, 2.24) is 9.38 Å². The van der Waals surface area contributed by atoms with E-state index in [0.29, 0.717) is 4.47 Å². The lowest BCUT2D eigenvalue weighted by molar-refractivity contribution is -0.141. The lowest BCUT2D eigenvalue weighted by Crippen LogP contribution is -2.12. The quantitative estimate of drug-likeness (QED) is 0.758. The Morgan fingerprint density at radius 1 is 1.41 bits per heavy atom. The van der Waals surface area contributed by atoms with E-state index < -0.39 is 23.3 Å². The summed E-state index contributed by atoms with van der Waals surface area (Å²) in [6.07, 6.45) is -3.26. The molecule has 0 aromatic carbocycles. The normalized spacial score (nSPS) is 12.1. The van der Waals surface area contributed by atoms with Crippen LogP contribution in [0.3, 0.4) is 0 Å². The van der Waals surface area contributed by atoms with Crippen LogP contribution in [0.4, 0.5) is 13.2 Å². The summed E-state index contributed by atoms with van der Waals surface area (Å²) in [6, 6.07) is 2.97. The number of pyridine rings is 1. The topological polar surface area (TPSA) is 34.4 Å². The Labute approximate surface area is 102 Å². The second-order valence-electron chi connectivity index (χ2n) is 3.44. The number of halogens is 4. The van der Waals surface area contributed by atoms with Crippen molar-refractivity contribution in [3.8, 4) is 0 Å². The first-order valence-electron chi connectivity index (χ1n) is 4.56. The minimum Gasteiger partial charge on any atom is -0.295 e. The minimum atomic E-state index is -4.64. The van der Waals surface area contributed by atoms with Gasteiger partial charge in [-0.2, -0.15) is 13.2 Å². The van der Waals surface area contributed by atoms with E-state index in [4.69, 9.17) is 0 Å². The van der Waals surface area contributed by atoms with E-state index in [9.17, 15) is 18.0 Å². The predicted octanol–water partition coefficient (Wildman–Crippen LogP) is 3.32. The Hall–Kier alpha value is -1.37. The first-order chi connectivity index (χ1) is 7.80. The third kappa shape index (κ3) is 2.06. The molecule has 2 aromatic rings. The molecule has 0 unspecified atom stereocenters. The molecule has 0 aliphatic carbocycles. The Kier molecular flexibility index (Phi) is 2.73. The maximum absolute atomic E-state index is 12.7. The third-order valence-electron chi connectivity index (χ3n) is 2.18. The van der Waals surface area contributed by atoms with Crippen LogP contribution < -0.4 is 0 Å². The molecule has 90 valence electrons. The van der Waals surface area contributed by atoms with Gasteiger partial charge in [0, 0.05) is 17.6 Å². The van der Waals surface area contributed by atoms with Crippen molar-refractivity contribution in [2.45, 2.75) is 13.1 Å². The number of rotatable bonds is 1. The van der Waals surface area contributed by atoms with Crippen LogP contribution in [-0.4, -0.2) is 15.2 Å². The van der Waals surface area contributed by atoms with Gasteiger partial charge in [0.2, 0.25) is 0 Å². The van der Waals surface area contributed by atoms with Crippen molar-refractivity contribution in [3.63, 3.8) is 0 Å². The number of imidazole rings is 1. The number of alkyl halides is 3. The minimum absolute atomic E-state index is 0.0886. The molecule has 2 aromatic heterocycles. The average molecular weight is 307 g/mol. The lowest BCUT2D eigenvalue weighted by Gasteiger charge is -2.04. The van der Waals surface area contributed by atoms with Gasteiger partial charge in [0.1, 0.15) is 11.3 Å². The Morgan fingerprint density at radius 2 is 2.06 bits per heavy atom. The molecule has 0 amide bonds. The van der Waals surface area contributed by atoms with Crippen LogP contribution in [0.1, 0.15) is 23.1 Å². The van der Waals surface area contributed by atoms with E-state index in [1.54, 1.807) is 6.07 Å². The summed E-state index contributed by atoms with van der Waals surface area (Å²) in [5.41, 5.74) is -1.51. The van der Waals surface area contributed by atoms with Gasteiger partial charge in [-0.3, -0.25) is 9.20 Å². The second kappa shape index (κ2) is 3.83. The number of carbonyl (C=O) groups is 1. The van der Waals surface area contributed by atoms with Crippen LogP contribution in [-0.2, 0) is 6.18 Å². The van der Waals surface area contributed by atoms with Crippen molar-refractivity contribution >= 4 is 27.4 Å². The highest BCUT2D eigenvalue weighted by atomic mass is 79.9. The van der Waals surface area contributed by atoms with Gasteiger partial charge >= 0.3 is 6.18 Å². The molecule has 0 atom stereocenters. The number of aromatic nitrogens is 2. The maximum atomic E-state index is 12.7. The van der Waals surface area contributed by atoms with Crippen LogP contribution in [0.25, 0.3) is 5.65 Å². The van der Waals surface area contributed by atoms with Gasteiger partial charge in [-0.25, -0.2) is 4.98 Å². The summed E-state index contributed by atoms with van der Waals surface area (Å²) < 4.78 is 39.8. The number of nitrogens with zero attached hydrogens (tertiary/aromatic N) is 2. The van der Waals surface area contributed by atoms with E-state index >= 15 is 0 Å². The van der Waals surface area contributed by atoms with Gasteiger partial charge in [-0.15, -0.1) is 0 Å². The fourth-order valence-electron chi connectivity index (χ4n) is 1.55. The van der Waals surface area contributed by atoms with Gasteiger partial charge in [0.15, 0.2) is 11.5 Å². The van der Waals surface area contributed by atoms with Crippen molar-refractivity contribution in [1.29, 1.82) is 0 Å². The summed E-state index contributed by atoms with van der Waals surface area (Å²) in [6.45, 7) is 1.08. The zero-order valence-electron chi connectivity index (χ0n) is 8.55. The number of Topliss-reactive ketones (excluding diaryl/α,β-unsaturated/α-hetero) is 1. The van der Waals surface area contributed by atoms with Crippen LogP contribution >= 0.6 is 15.9 Å². The highest BCUT2D eigenvalue weighted by Crippen LogP contribution is 2.32. The molecular weight excluding hydrogens is 301 g/mol. The van der Waals surface area contributed by atoms with Crippen molar-refractivity contribution in [2.24, 2.45) is 0 Å². The molecule has 2 rings (SSSR count).